The van der Waals surface area contributed by atoms with Gasteiger partial charge in [-0.2, -0.15) is 0 Å². The highest BCUT2D eigenvalue weighted by Gasteiger charge is 2.17. The first kappa shape index (κ1) is 17.6. The lowest BCUT2D eigenvalue weighted by Gasteiger charge is -2.11. The molecular weight excluding hydrogens is 382 g/mol. The van der Waals surface area contributed by atoms with E-state index >= 15 is 0 Å². The van der Waals surface area contributed by atoms with Gasteiger partial charge < -0.3 is 5.32 Å². The van der Waals surface area contributed by atoms with E-state index in [1.165, 1.54) is 11.3 Å². The van der Waals surface area contributed by atoms with Gasteiger partial charge in [0.1, 0.15) is 5.01 Å². The molecule has 0 fully saturated rings. The second-order valence-corrected chi connectivity index (χ2v) is 7.34. The van der Waals surface area contributed by atoms with Crippen molar-refractivity contribution >= 4 is 34.5 Å². The molecule has 0 saturated carbocycles. The van der Waals surface area contributed by atoms with Crippen molar-refractivity contribution in [1.29, 1.82) is 0 Å². The number of rotatable bonds is 5. The molecule has 1 unspecified atom stereocenters. The van der Waals surface area contributed by atoms with Gasteiger partial charge in [0, 0.05) is 17.1 Å². The van der Waals surface area contributed by atoms with Crippen molar-refractivity contribution in [3.63, 3.8) is 0 Å². The van der Waals surface area contributed by atoms with E-state index in [9.17, 15) is 4.79 Å². The molecule has 3 aromatic heterocycles. The first-order valence-corrected chi connectivity index (χ1v) is 9.66. The summed E-state index contributed by atoms with van der Waals surface area (Å²) < 4.78 is 1.86. The number of pyridine rings is 1. The van der Waals surface area contributed by atoms with E-state index in [0.29, 0.717) is 16.5 Å². The van der Waals surface area contributed by atoms with Gasteiger partial charge in [-0.05, 0) is 25.1 Å². The van der Waals surface area contributed by atoms with Gasteiger partial charge in [-0.25, -0.2) is 4.98 Å². The molecule has 0 bridgehead atoms. The smallest absolute Gasteiger partial charge is 0.226 e. The second kappa shape index (κ2) is 7.46. The molecule has 0 aliphatic rings. The molecule has 6 nitrogen and oxygen atoms in total. The largest absolute Gasteiger partial charge is 0.346 e. The molecule has 1 N–H and O–H groups in total. The highest BCUT2D eigenvalue weighted by molar-refractivity contribution is 7.13. The van der Waals surface area contributed by atoms with Crippen molar-refractivity contribution in [3.05, 3.63) is 70.6 Å². The topological polar surface area (TPSA) is 72.2 Å². The van der Waals surface area contributed by atoms with E-state index in [1.807, 2.05) is 65.4 Å². The lowest BCUT2D eigenvalue weighted by Crippen LogP contribution is -2.29. The van der Waals surface area contributed by atoms with E-state index in [0.717, 1.165) is 16.2 Å². The quantitative estimate of drug-likeness (QED) is 0.554. The Morgan fingerprint density at radius 2 is 2.04 bits per heavy atom. The molecule has 0 aliphatic carbocycles. The van der Waals surface area contributed by atoms with Gasteiger partial charge in [0.25, 0.3) is 0 Å². The molecule has 0 aliphatic heterocycles. The van der Waals surface area contributed by atoms with Crippen molar-refractivity contribution in [2.24, 2.45) is 0 Å². The summed E-state index contributed by atoms with van der Waals surface area (Å²) >= 11 is 7.69. The number of fused-ring (bicyclic) bond motifs is 1. The number of carbonyl (C=O) groups is 1. The third-order valence-electron chi connectivity index (χ3n) is 4.10. The Kier molecular flexibility index (Phi) is 4.87. The molecule has 4 aromatic rings. The Morgan fingerprint density at radius 1 is 1.22 bits per heavy atom. The summed E-state index contributed by atoms with van der Waals surface area (Å²) in [5, 5.41) is 14.6. The molecule has 0 spiro atoms. The summed E-state index contributed by atoms with van der Waals surface area (Å²) in [6.07, 6.45) is 2.08. The van der Waals surface area contributed by atoms with Crippen LogP contribution in [0.5, 0.6) is 0 Å². The van der Waals surface area contributed by atoms with E-state index in [-0.39, 0.29) is 18.4 Å². The molecule has 1 aromatic carbocycles. The SMILES string of the molecule is CC(NC(=O)Cc1csc(-c2ccccc2Cl)n1)c1nnc2ccccn12. The van der Waals surface area contributed by atoms with Gasteiger partial charge in [-0.15, -0.1) is 21.5 Å². The van der Waals surface area contributed by atoms with Crippen LogP contribution >= 0.6 is 22.9 Å². The molecule has 0 saturated heterocycles. The highest BCUT2D eigenvalue weighted by atomic mass is 35.5. The number of hydrogen-bond acceptors (Lipinski definition) is 5. The van der Waals surface area contributed by atoms with Crippen LogP contribution in [-0.4, -0.2) is 25.5 Å². The molecule has 136 valence electrons. The third-order valence-corrected chi connectivity index (χ3v) is 5.36. The zero-order chi connectivity index (χ0) is 18.8. The Balaban J connectivity index is 1.45. The molecule has 3 heterocycles. The first-order chi connectivity index (χ1) is 13.1. The highest BCUT2D eigenvalue weighted by Crippen LogP contribution is 2.30. The Hall–Kier alpha value is -2.77. The zero-order valence-corrected chi connectivity index (χ0v) is 16.0. The Morgan fingerprint density at radius 3 is 2.89 bits per heavy atom. The summed E-state index contributed by atoms with van der Waals surface area (Å²) in [7, 11) is 0. The normalized spacial score (nSPS) is 12.2. The van der Waals surface area contributed by atoms with Crippen LogP contribution < -0.4 is 5.32 Å². The predicted molar refractivity (Wildman–Crippen MR) is 106 cm³/mol. The fraction of sp³-hybridized carbons (Fsp3) is 0.158. The minimum Gasteiger partial charge on any atom is -0.346 e. The second-order valence-electron chi connectivity index (χ2n) is 6.08. The van der Waals surface area contributed by atoms with Crippen LogP contribution in [0.3, 0.4) is 0 Å². The van der Waals surface area contributed by atoms with Crippen molar-refractivity contribution in [2.75, 3.05) is 0 Å². The van der Waals surface area contributed by atoms with Crippen molar-refractivity contribution in [2.45, 2.75) is 19.4 Å². The molecule has 1 amide bonds. The van der Waals surface area contributed by atoms with E-state index in [2.05, 4.69) is 20.5 Å². The maximum atomic E-state index is 12.4. The van der Waals surface area contributed by atoms with E-state index < -0.39 is 0 Å². The summed E-state index contributed by atoms with van der Waals surface area (Å²) in [6.45, 7) is 1.89. The lowest BCUT2D eigenvalue weighted by molar-refractivity contribution is -0.121. The minimum absolute atomic E-state index is 0.119. The number of nitrogens with one attached hydrogen (secondary N) is 1. The number of hydrogen-bond donors (Lipinski definition) is 1. The van der Waals surface area contributed by atoms with Gasteiger partial charge in [0.15, 0.2) is 11.5 Å². The standard InChI is InChI=1S/C19H16ClN5OS/c1-12(18-24-23-16-8-4-5-9-25(16)18)21-17(26)10-13-11-27-19(22-13)14-6-2-3-7-15(14)20/h2-9,11-12H,10H2,1H3,(H,21,26). The fourth-order valence-electron chi connectivity index (χ4n) is 2.82. The van der Waals surface area contributed by atoms with Crippen LogP contribution in [-0.2, 0) is 11.2 Å². The zero-order valence-electron chi connectivity index (χ0n) is 14.5. The van der Waals surface area contributed by atoms with Crippen LogP contribution in [0.15, 0.2) is 54.0 Å². The van der Waals surface area contributed by atoms with Crippen molar-refractivity contribution in [3.8, 4) is 10.6 Å². The number of aromatic nitrogens is 4. The number of amides is 1. The van der Waals surface area contributed by atoms with Crippen LogP contribution in [0.25, 0.3) is 16.2 Å². The van der Waals surface area contributed by atoms with Gasteiger partial charge in [-0.1, -0.05) is 35.9 Å². The van der Waals surface area contributed by atoms with Gasteiger partial charge in [0.05, 0.1) is 23.2 Å². The molecule has 8 heteroatoms. The predicted octanol–water partition coefficient (Wildman–Crippen LogP) is 3.93. The maximum Gasteiger partial charge on any atom is 0.226 e. The third kappa shape index (κ3) is 3.70. The average molecular weight is 398 g/mol. The molecule has 0 radical (unpaired) electrons. The van der Waals surface area contributed by atoms with Crippen LogP contribution in [0.2, 0.25) is 5.02 Å². The van der Waals surface area contributed by atoms with Crippen molar-refractivity contribution in [1.82, 2.24) is 24.9 Å². The molecule has 4 rings (SSSR count). The van der Waals surface area contributed by atoms with Gasteiger partial charge in [-0.3, -0.25) is 9.20 Å². The number of benzene rings is 1. The van der Waals surface area contributed by atoms with Crippen LogP contribution in [0, 0.1) is 0 Å². The summed E-state index contributed by atoms with van der Waals surface area (Å²) in [6, 6.07) is 12.9. The maximum absolute atomic E-state index is 12.4. The Labute approximate surface area is 164 Å². The van der Waals surface area contributed by atoms with Crippen LogP contribution in [0.1, 0.15) is 24.5 Å². The monoisotopic (exact) mass is 397 g/mol. The number of nitrogens with zero attached hydrogens (tertiary/aromatic N) is 4. The molecule has 27 heavy (non-hydrogen) atoms. The Bertz CT molecular complexity index is 1110. The number of thiazole rings is 1. The number of halogens is 1. The minimum atomic E-state index is -0.267. The van der Waals surface area contributed by atoms with E-state index in [4.69, 9.17) is 11.6 Å². The summed E-state index contributed by atoms with van der Waals surface area (Å²) in [4.78, 5) is 17.0. The van der Waals surface area contributed by atoms with Gasteiger partial charge in [0.2, 0.25) is 5.91 Å². The summed E-state index contributed by atoms with van der Waals surface area (Å²) in [5.41, 5.74) is 2.34. The molecular formula is C19H16ClN5OS. The number of carbonyl (C=O) groups excluding carboxylic acids is 1. The van der Waals surface area contributed by atoms with Crippen LogP contribution in [0.4, 0.5) is 0 Å². The molecule has 1 atom stereocenters. The van der Waals surface area contributed by atoms with Gasteiger partial charge >= 0.3 is 0 Å². The van der Waals surface area contributed by atoms with E-state index in [1.54, 1.807) is 0 Å². The summed E-state index contributed by atoms with van der Waals surface area (Å²) in [5.74, 6) is 0.570. The first-order valence-electron chi connectivity index (χ1n) is 8.40. The fourth-order valence-corrected chi connectivity index (χ4v) is 3.96. The lowest BCUT2D eigenvalue weighted by atomic mass is 10.2. The van der Waals surface area contributed by atoms with Crippen molar-refractivity contribution < 1.29 is 4.79 Å². The average Bonchev–Trinajstić information content (AvgIpc) is 3.29.